The fraction of sp³-hybridized carbons (Fsp3) is 0.308. The molecular formula is C52H60N2. The summed E-state index contributed by atoms with van der Waals surface area (Å²) in [5, 5.41) is 0. The summed E-state index contributed by atoms with van der Waals surface area (Å²) in [6.07, 6.45) is 0. The van der Waals surface area contributed by atoms with Gasteiger partial charge in [0.1, 0.15) is 0 Å². The first-order chi connectivity index (χ1) is 25.7. The summed E-state index contributed by atoms with van der Waals surface area (Å²) in [4.78, 5) is 0. The predicted octanol–water partition coefficient (Wildman–Crippen LogP) is 12.3. The van der Waals surface area contributed by atoms with Gasteiger partial charge >= 0.3 is 0 Å². The van der Waals surface area contributed by atoms with Crippen LogP contribution < -0.4 is 11.5 Å². The minimum Gasteiger partial charge on any atom is -0.328 e. The number of nitrogens with two attached hydrogens (primary N) is 2. The molecule has 0 aliphatic rings. The zero-order valence-corrected chi connectivity index (χ0v) is 34.2. The molecular weight excluding hydrogens is 653 g/mol. The van der Waals surface area contributed by atoms with E-state index in [-0.39, 0.29) is 30.2 Å². The molecule has 6 aromatic carbocycles. The van der Waals surface area contributed by atoms with E-state index >= 15 is 0 Å². The fourth-order valence-electron chi connectivity index (χ4n) is 8.89. The molecule has 0 aliphatic carbocycles. The predicted molar refractivity (Wildman–Crippen MR) is 231 cm³/mol. The molecule has 6 rings (SSSR count). The van der Waals surface area contributed by atoms with Crippen molar-refractivity contribution in [1.29, 1.82) is 0 Å². The van der Waals surface area contributed by atoms with Crippen molar-refractivity contribution < 1.29 is 0 Å². The van der Waals surface area contributed by atoms with Gasteiger partial charge in [-0.2, -0.15) is 0 Å². The van der Waals surface area contributed by atoms with Gasteiger partial charge in [0.2, 0.25) is 0 Å². The van der Waals surface area contributed by atoms with Gasteiger partial charge in [-0.05, 0) is 97.2 Å². The van der Waals surface area contributed by atoms with Crippen LogP contribution in [0.5, 0.6) is 0 Å². The molecule has 0 aliphatic heterocycles. The van der Waals surface area contributed by atoms with Crippen molar-refractivity contribution in [1.82, 2.24) is 0 Å². The lowest BCUT2D eigenvalue weighted by Crippen LogP contribution is -2.48. The molecule has 6 aromatic rings. The Morgan fingerprint density at radius 3 is 0.833 bits per heavy atom. The normalized spacial score (nSPS) is 14.1. The monoisotopic (exact) mass is 712 g/mol. The Morgan fingerprint density at radius 1 is 0.389 bits per heavy atom. The molecule has 4 N–H and O–H groups in total. The molecule has 0 unspecified atom stereocenters. The minimum absolute atomic E-state index is 0.0819. The Balaban J connectivity index is 1.75. The SMILES string of the molecule is Cc1cccc([C@@H](C)c2cc(C)cc([C@H](C)c3cccc(C)c3)c2C(N)(CN)c2c([C@H](C)c3cccc(C)c3)cc(C)cc2[C@H](C)c2cccc(C)c2)c1. The second-order valence-electron chi connectivity index (χ2n) is 16.4. The summed E-state index contributed by atoms with van der Waals surface area (Å²) >= 11 is 0. The van der Waals surface area contributed by atoms with Gasteiger partial charge in [-0.15, -0.1) is 0 Å². The van der Waals surface area contributed by atoms with Crippen molar-refractivity contribution in [2.45, 2.75) is 98.4 Å². The maximum Gasteiger partial charge on any atom is 0.0801 e. The second kappa shape index (κ2) is 15.9. The summed E-state index contributed by atoms with van der Waals surface area (Å²) in [6.45, 7) is 22.8. The van der Waals surface area contributed by atoms with Crippen molar-refractivity contribution in [2.75, 3.05) is 6.54 Å². The van der Waals surface area contributed by atoms with E-state index in [1.54, 1.807) is 0 Å². The first kappa shape index (κ1) is 38.9. The molecule has 4 atom stereocenters. The van der Waals surface area contributed by atoms with Crippen LogP contribution in [-0.4, -0.2) is 6.54 Å². The van der Waals surface area contributed by atoms with Gasteiger partial charge in [0.05, 0.1) is 5.54 Å². The molecule has 2 nitrogen and oxygen atoms in total. The highest BCUT2D eigenvalue weighted by atomic mass is 14.8. The Labute approximate surface area is 325 Å². The maximum absolute atomic E-state index is 8.30. The topological polar surface area (TPSA) is 52.0 Å². The van der Waals surface area contributed by atoms with Crippen LogP contribution in [0.4, 0.5) is 0 Å². The van der Waals surface area contributed by atoms with Crippen molar-refractivity contribution in [3.63, 3.8) is 0 Å². The van der Waals surface area contributed by atoms with Crippen LogP contribution in [0, 0.1) is 41.5 Å². The maximum atomic E-state index is 8.30. The van der Waals surface area contributed by atoms with E-state index in [2.05, 4.69) is 191 Å². The minimum atomic E-state index is -1.02. The largest absolute Gasteiger partial charge is 0.328 e. The lowest BCUT2D eigenvalue weighted by molar-refractivity contribution is 0.519. The number of aryl methyl sites for hydroxylation is 6. The van der Waals surface area contributed by atoms with Gasteiger partial charge in [0.15, 0.2) is 0 Å². The molecule has 0 radical (unpaired) electrons. The van der Waals surface area contributed by atoms with Crippen molar-refractivity contribution in [3.8, 4) is 0 Å². The second-order valence-corrected chi connectivity index (χ2v) is 16.4. The van der Waals surface area contributed by atoms with Crippen molar-refractivity contribution in [2.24, 2.45) is 11.5 Å². The Hall–Kier alpha value is -4.76. The standard InChI is InChI=1S/C52H60N2/c1-32-15-11-19-42(23-32)38(7)46-27-36(5)28-47(39(8)43-20-12-16-33(2)24-43)50(46)52(54,31-53)51-48(40(9)44-21-13-17-34(3)25-44)29-37(6)30-49(51)41(10)45-22-14-18-35(4)26-45/h11-30,38-41H,31,53-54H2,1-10H3/t38-,39-,40-,41-/m1/s1. The molecule has 0 saturated carbocycles. The molecule has 0 spiro atoms. The van der Waals surface area contributed by atoms with Crippen LogP contribution in [-0.2, 0) is 5.54 Å². The van der Waals surface area contributed by atoms with Crippen LogP contribution >= 0.6 is 0 Å². The third kappa shape index (κ3) is 7.74. The molecule has 0 aromatic heterocycles. The van der Waals surface area contributed by atoms with Crippen molar-refractivity contribution in [3.05, 3.63) is 210 Å². The summed E-state index contributed by atoms with van der Waals surface area (Å²) in [5.74, 6) is 0.328. The van der Waals surface area contributed by atoms with E-state index in [1.165, 1.54) is 77.9 Å². The smallest absolute Gasteiger partial charge is 0.0801 e. The van der Waals surface area contributed by atoms with Crippen LogP contribution in [0.1, 0.15) is 140 Å². The van der Waals surface area contributed by atoms with E-state index in [9.17, 15) is 0 Å². The first-order valence-corrected chi connectivity index (χ1v) is 19.8. The lowest BCUT2D eigenvalue weighted by Gasteiger charge is -2.41. The molecule has 0 amide bonds. The van der Waals surface area contributed by atoms with Gasteiger partial charge in [-0.1, -0.05) is 182 Å². The summed E-state index contributed by atoms with van der Waals surface area (Å²) in [7, 11) is 0. The van der Waals surface area contributed by atoms with Gasteiger partial charge in [0, 0.05) is 30.2 Å². The molecule has 54 heavy (non-hydrogen) atoms. The fourth-order valence-corrected chi connectivity index (χ4v) is 8.89. The van der Waals surface area contributed by atoms with Crippen LogP contribution in [0.15, 0.2) is 121 Å². The number of benzene rings is 6. The molecule has 0 fully saturated rings. The quantitative estimate of drug-likeness (QED) is 0.140. The molecule has 278 valence electrons. The summed E-state index contributed by atoms with van der Waals surface area (Å²) < 4.78 is 0. The van der Waals surface area contributed by atoms with Crippen LogP contribution in [0.3, 0.4) is 0 Å². The number of rotatable bonds is 11. The highest BCUT2D eigenvalue weighted by Gasteiger charge is 2.41. The van der Waals surface area contributed by atoms with Gasteiger partial charge in [0.25, 0.3) is 0 Å². The Bertz CT molecular complexity index is 1970. The zero-order valence-electron chi connectivity index (χ0n) is 34.2. The molecule has 0 heterocycles. The molecule has 0 saturated heterocycles. The van der Waals surface area contributed by atoms with E-state index in [0.29, 0.717) is 0 Å². The molecule has 2 heteroatoms. The van der Waals surface area contributed by atoms with Gasteiger partial charge < -0.3 is 11.5 Å². The van der Waals surface area contributed by atoms with Gasteiger partial charge in [-0.25, -0.2) is 0 Å². The lowest BCUT2D eigenvalue weighted by atomic mass is 9.67. The number of hydrogen-bond acceptors (Lipinski definition) is 2. The van der Waals surface area contributed by atoms with Crippen molar-refractivity contribution >= 4 is 0 Å². The average Bonchev–Trinajstić information content (AvgIpc) is 3.15. The summed E-state index contributed by atoms with van der Waals surface area (Å²) in [5.41, 5.74) is 34.4. The zero-order chi connectivity index (χ0) is 38.9. The first-order valence-electron chi connectivity index (χ1n) is 19.8. The van der Waals surface area contributed by atoms with Crippen LogP contribution in [0.25, 0.3) is 0 Å². The van der Waals surface area contributed by atoms with Crippen LogP contribution in [0.2, 0.25) is 0 Å². The highest BCUT2D eigenvalue weighted by molar-refractivity contribution is 5.61. The summed E-state index contributed by atoms with van der Waals surface area (Å²) in [6, 6.07) is 45.3. The Kier molecular flexibility index (Phi) is 11.5. The molecule has 0 bridgehead atoms. The Morgan fingerprint density at radius 2 is 0.630 bits per heavy atom. The van der Waals surface area contributed by atoms with E-state index in [0.717, 1.165) is 11.1 Å². The van der Waals surface area contributed by atoms with Gasteiger partial charge in [-0.3, -0.25) is 0 Å². The third-order valence-corrected chi connectivity index (χ3v) is 11.9. The van der Waals surface area contributed by atoms with E-state index in [4.69, 9.17) is 11.5 Å². The third-order valence-electron chi connectivity index (χ3n) is 11.9. The average molecular weight is 713 g/mol. The number of hydrogen-bond donors (Lipinski definition) is 2. The van der Waals surface area contributed by atoms with E-state index in [1.807, 2.05) is 0 Å². The van der Waals surface area contributed by atoms with E-state index < -0.39 is 5.54 Å². The highest BCUT2D eigenvalue weighted by Crippen LogP contribution is 2.47.